The molecule has 0 bridgehead atoms. The van der Waals surface area contributed by atoms with Crippen molar-refractivity contribution in [3.05, 3.63) is 34.3 Å². The molecule has 7 heteroatoms. The number of carbonyl (C=O) groups is 2. The lowest BCUT2D eigenvalue weighted by atomic mass is 10.2. The Morgan fingerprint density at radius 1 is 1.16 bits per heavy atom. The van der Waals surface area contributed by atoms with Gasteiger partial charge in [-0.2, -0.15) is 0 Å². The highest BCUT2D eigenvalue weighted by molar-refractivity contribution is 9.10. The zero-order valence-corrected chi connectivity index (χ0v) is 11.7. The van der Waals surface area contributed by atoms with Crippen molar-refractivity contribution in [3.8, 4) is 0 Å². The van der Waals surface area contributed by atoms with Crippen LogP contribution in [0.25, 0.3) is 0 Å². The van der Waals surface area contributed by atoms with Crippen LogP contribution in [0.4, 0.5) is 0 Å². The number of amides is 2. The van der Waals surface area contributed by atoms with Crippen LogP contribution >= 0.6 is 15.9 Å². The molecule has 0 radical (unpaired) electrons. The number of aliphatic hydroxyl groups excluding tert-OH is 2. The van der Waals surface area contributed by atoms with E-state index in [0.29, 0.717) is 5.56 Å². The monoisotopic (exact) mass is 330 g/mol. The summed E-state index contributed by atoms with van der Waals surface area (Å²) in [5.41, 5.74) is 0.442. The Morgan fingerprint density at radius 2 is 1.74 bits per heavy atom. The van der Waals surface area contributed by atoms with Crippen LogP contribution in [0.5, 0.6) is 0 Å². The smallest absolute Gasteiger partial charge is 0.251 e. The lowest BCUT2D eigenvalue weighted by molar-refractivity contribution is -0.121. The van der Waals surface area contributed by atoms with E-state index >= 15 is 0 Å². The lowest BCUT2D eigenvalue weighted by Gasteiger charge is -2.13. The third kappa shape index (κ3) is 5.37. The van der Waals surface area contributed by atoms with E-state index in [1.807, 2.05) is 0 Å². The van der Waals surface area contributed by atoms with Crippen molar-refractivity contribution in [1.82, 2.24) is 10.6 Å². The van der Waals surface area contributed by atoms with Gasteiger partial charge in [-0.3, -0.25) is 9.59 Å². The molecule has 19 heavy (non-hydrogen) atoms. The van der Waals surface area contributed by atoms with Crippen molar-refractivity contribution in [2.45, 2.75) is 6.04 Å². The topological polar surface area (TPSA) is 98.7 Å². The van der Waals surface area contributed by atoms with E-state index in [2.05, 4.69) is 26.6 Å². The average Bonchev–Trinajstić information content (AvgIpc) is 2.43. The van der Waals surface area contributed by atoms with Crippen molar-refractivity contribution in [2.24, 2.45) is 0 Å². The second-order valence-corrected chi connectivity index (χ2v) is 4.73. The largest absolute Gasteiger partial charge is 0.394 e. The summed E-state index contributed by atoms with van der Waals surface area (Å²) in [7, 11) is 0. The molecule has 0 heterocycles. The van der Waals surface area contributed by atoms with E-state index in [4.69, 9.17) is 10.2 Å². The maximum Gasteiger partial charge on any atom is 0.251 e. The van der Waals surface area contributed by atoms with Crippen LogP contribution in [0.3, 0.4) is 0 Å². The number of halogens is 1. The Labute approximate surface area is 118 Å². The first-order valence-electron chi connectivity index (χ1n) is 5.61. The van der Waals surface area contributed by atoms with Crippen LogP contribution in [0.15, 0.2) is 28.7 Å². The summed E-state index contributed by atoms with van der Waals surface area (Å²) in [5, 5.41) is 22.4. The van der Waals surface area contributed by atoms with Gasteiger partial charge < -0.3 is 20.8 Å². The lowest BCUT2D eigenvalue weighted by Crippen LogP contribution is -2.45. The molecule has 0 saturated heterocycles. The maximum absolute atomic E-state index is 11.7. The molecule has 0 aliphatic rings. The second kappa shape index (κ2) is 7.88. The molecule has 104 valence electrons. The van der Waals surface area contributed by atoms with Crippen LogP contribution < -0.4 is 10.6 Å². The van der Waals surface area contributed by atoms with Gasteiger partial charge in [0.2, 0.25) is 5.91 Å². The number of hydrogen-bond donors (Lipinski definition) is 4. The van der Waals surface area contributed by atoms with E-state index in [-0.39, 0.29) is 25.7 Å². The molecule has 0 spiro atoms. The van der Waals surface area contributed by atoms with Crippen LogP contribution in [0, 0.1) is 0 Å². The summed E-state index contributed by atoms with van der Waals surface area (Å²) in [6.07, 6.45) is 0. The van der Waals surface area contributed by atoms with Crippen molar-refractivity contribution < 1.29 is 19.8 Å². The van der Waals surface area contributed by atoms with Gasteiger partial charge in [0, 0.05) is 10.0 Å². The Bertz CT molecular complexity index is 432. The van der Waals surface area contributed by atoms with E-state index in [1.165, 1.54) is 0 Å². The first kappa shape index (κ1) is 15.6. The second-order valence-electron chi connectivity index (χ2n) is 3.82. The van der Waals surface area contributed by atoms with E-state index in [9.17, 15) is 9.59 Å². The van der Waals surface area contributed by atoms with Gasteiger partial charge in [0.25, 0.3) is 5.91 Å². The van der Waals surface area contributed by atoms with E-state index < -0.39 is 11.9 Å². The Morgan fingerprint density at radius 3 is 2.26 bits per heavy atom. The van der Waals surface area contributed by atoms with Crippen LogP contribution in [0.2, 0.25) is 0 Å². The molecule has 0 atom stereocenters. The van der Waals surface area contributed by atoms with Gasteiger partial charge in [-0.05, 0) is 24.3 Å². The third-order valence-corrected chi connectivity index (χ3v) is 2.85. The number of carbonyl (C=O) groups excluding carboxylic acids is 2. The van der Waals surface area contributed by atoms with Crippen molar-refractivity contribution in [1.29, 1.82) is 0 Å². The minimum atomic E-state index is -0.711. The predicted molar refractivity (Wildman–Crippen MR) is 72.6 cm³/mol. The molecule has 6 nitrogen and oxygen atoms in total. The molecule has 4 N–H and O–H groups in total. The highest BCUT2D eigenvalue weighted by Crippen LogP contribution is 2.10. The standard InChI is InChI=1S/C12H15BrN2O4/c13-9-3-1-8(2-4-9)12(19)14-5-11(18)15-10(6-16)7-17/h1-4,10,16-17H,5-7H2,(H,14,19)(H,15,18). The number of benzene rings is 1. The average molecular weight is 331 g/mol. The van der Waals surface area contributed by atoms with Gasteiger partial charge in [-0.1, -0.05) is 15.9 Å². The Kier molecular flexibility index (Phi) is 6.48. The number of aliphatic hydroxyl groups is 2. The Hall–Kier alpha value is -1.44. The van der Waals surface area contributed by atoms with Gasteiger partial charge in [0.15, 0.2) is 0 Å². The van der Waals surface area contributed by atoms with Crippen LogP contribution in [-0.4, -0.2) is 47.8 Å². The number of hydrogen-bond acceptors (Lipinski definition) is 4. The molecule has 2 amide bonds. The quantitative estimate of drug-likeness (QED) is 0.573. The Balaban J connectivity index is 2.41. The molecular formula is C12H15BrN2O4. The highest BCUT2D eigenvalue weighted by Gasteiger charge is 2.11. The first-order valence-corrected chi connectivity index (χ1v) is 6.41. The molecule has 0 aromatic heterocycles. The van der Waals surface area contributed by atoms with E-state index in [1.54, 1.807) is 24.3 Å². The minimum Gasteiger partial charge on any atom is -0.394 e. The fourth-order valence-corrected chi connectivity index (χ4v) is 1.56. The van der Waals surface area contributed by atoms with Crippen LogP contribution in [0.1, 0.15) is 10.4 Å². The summed E-state index contributed by atoms with van der Waals surface area (Å²) in [6.45, 7) is -0.933. The third-order valence-electron chi connectivity index (χ3n) is 2.32. The molecule has 0 saturated carbocycles. The fourth-order valence-electron chi connectivity index (χ4n) is 1.29. The minimum absolute atomic E-state index is 0.217. The molecule has 1 rings (SSSR count). The zero-order chi connectivity index (χ0) is 14.3. The van der Waals surface area contributed by atoms with Crippen LogP contribution in [-0.2, 0) is 4.79 Å². The molecule has 1 aromatic carbocycles. The summed E-state index contributed by atoms with van der Waals surface area (Å²) in [6, 6.07) is 5.99. The molecule has 0 aliphatic heterocycles. The molecular weight excluding hydrogens is 316 g/mol. The van der Waals surface area contributed by atoms with Gasteiger partial charge in [0.1, 0.15) is 0 Å². The normalized spacial score (nSPS) is 10.3. The van der Waals surface area contributed by atoms with E-state index in [0.717, 1.165) is 4.47 Å². The van der Waals surface area contributed by atoms with Gasteiger partial charge >= 0.3 is 0 Å². The van der Waals surface area contributed by atoms with Crippen molar-refractivity contribution >= 4 is 27.7 Å². The summed E-state index contributed by atoms with van der Waals surface area (Å²) >= 11 is 3.26. The predicted octanol–water partition coefficient (Wildman–Crippen LogP) is -0.352. The van der Waals surface area contributed by atoms with Gasteiger partial charge in [0.05, 0.1) is 25.8 Å². The SMILES string of the molecule is O=C(CNC(=O)c1ccc(Br)cc1)NC(CO)CO. The molecule has 1 aromatic rings. The molecule has 0 fully saturated rings. The van der Waals surface area contributed by atoms with Crippen molar-refractivity contribution in [2.75, 3.05) is 19.8 Å². The fraction of sp³-hybridized carbons (Fsp3) is 0.333. The summed E-state index contributed by atoms with van der Waals surface area (Å²) in [4.78, 5) is 23.1. The summed E-state index contributed by atoms with van der Waals surface area (Å²) < 4.78 is 0.857. The van der Waals surface area contributed by atoms with Crippen molar-refractivity contribution in [3.63, 3.8) is 0 Å². The van der Waals surface area contributed by atoms with Gasteiger partial charge in [-0.25, -0.2) is 0 Å². The summed E-state index contributed by atoms with van der Waals surface area (Å²) in [5.74, 6) is -0.842. The maximum atomic E-state index is 11.7. The first-order chi connectivity index (χ1) is 9.06. The number of nitrogens with one attached hydrogen (secondary N) is 2. The highest BCUT2D eigenvalue weighted by atomic mass is 79.9. The number of rotatable bonds is 6. The molecule has 0 aliphatic carbocycles. The zero-order valence-electron chi connectivity index (χ0n) is 10.1. The molecule has 0 unspecified atom stereocenters. The van der Waals surface area contributed by atoms with Gasteiger partial charge in [-0.15, -0.1) is 0 Å².